The molecule has 0 fully saturated rings. The fourth-order valence-corrected chi connectivity index (χ4v) is 3.16. The van der Waals surface area contributed by atoms with Crippen molar-refractivity contribution >= 4 is 11.8 Å². The van der Waals surface area contributed by atoms with Crippen LogP contribution in [0.25, 0.3) is 0 Å². The first kappa shape index (κ1) is 14.8. The van der Waals surface area contributed by atoms with Crippen molar-refractivity contribution in [2.75, 3.05) is 6.54 Å². The second-order valence-electron chi connectivity index (χ2n) is 6.40. The summed E-state index contributed by atoms with van der Waals surface area (Å²) in [6.07, 6.45) is 3.30. The molecule has 1 aliphatic rings. The standard InChI is InChI=1S/C15H25N3S/c1-10-12-7-11(8-16)5-6-13(12)18-14(17-10)9-19-15(2,3)4/h11H,5-9,16H2,1-4H3. The third-order valence-electron chi connectivity index (χ3n) is 3.60. The second-order valence-corrected chi connectivity index (χ2v) is 8.20. The molecule has 2 rings (SSSR count). The van der Waals surface area contributed by atoms with Gasteiger partial charge < -0.3 is 5.73 Å². The number of thioether (sulfide) groups is 1. The summed E-state index contributed by atoms with van der Waals surface area (Å²) in [5, 5.41) is 0. The van der Waals surface area contributed by atoms with Crippen LogP contribution in [0.4, 0.5) is 0 Å². The first-order valence-electron chi connectivity index (χ1n) is 7.08. The first-order valence-corrected chi connectivity index (χ1v) is 8.07. The van der Waals surface area contributed by atoms with Gasteiger partial charge in [-0.1, -0.05) is 20.8 Å². The minimum Gasteiger partial charge on any atom is -0.330 e. The zero-order chi connectivity index (χ0) is 14.0. The molecule has 19 heavy (non-hydrogen) atoms. The average molecular weight is 279 g/mol. The van der Waals surface area contributed by atoms with Crippen LogP contribution in [0.1, 0.15) is 50.0 Å². The SMILES string of the molecule is Cc1nc(CSC(C)(C)C)nc2c1CC(CN)CC2. The van der Waals surface area contributed by atoms with Gasteiger partial charge in [0.15, 0.2) is 0 Å². The van der Waals surface area contributed by atoms with Crippen molar-refractivity contribution in [3.05, 3.63) is 22.8 Å². The number of hydrogen-bond donors (Lipinski definition) is 1. The van der Waals surface area contributed by atoms with Gasteiger partial charge in [0, 0.05) is 16.1 Å². The molecular weight excluding hydrogens is 254 g/mol. The molecule has 1 aromatic rings. The molecule has 0 aromatic carbocycles. The Bertz CT molecular complexity index is 451. The zero-order valence-electron chi connectivity index (χ0n) is 12.5. The van der Waals surface area contributed by atoms with Crippen LogP contribution in [-0.2, 0) is 18.6 Å². The van der Waals surface area contributed by atoms with Crippen LogP contribution in [-0.4, -0.2) is 21.3 Å². The highest BCUT2D eigenvalue weighted by atomic mass is 32.2. The summed E-state index contributed by atoms with van der Waals surface area (Å²) < 4.78 is 0.262. The molecule has 1 aliphatic carbocycles. The molecule has 0 amide bonds. The van der Waals surface area contributed by atoms with Gasteiger partial charge in [0.05, 0.1) is 5.75 Å². The molecule has 106 valence electrons. The molecule has 0 spiro atoms. The Labute approximate surface area is 120 Å². The van der Waals surface area contributed by atoms with Crippen molar-refractivity contribution in [3.63, 3.8) is 0 Å². The van der Waals surface area contributed by atoms with Crippen molar-refractivity contribution < 1.29 is 0 Å². The highest BCUT2D eigenvalue weighted by molar-refractivity contribution is 7.99. The molecular formula is C15H25N3S. The first-order chi connectivity index (χ1) is 8.89. The fraction of sp³-hybridized carbons (Fsp3) is 0.733. The molecule has 0 saturated heterocycles. The smallest absolute Gasteiger partial charge is 0.138 e. The highest BCUT2D eigenvalue weighted by Crippen LogP contribution is 2.29. The van der Waals surface area contributed by atoms with Crippen LogP contribution in [0.3, 0.4) is 0 Å². The van der Waals surface area contributed by atoms with Crippen LogP contribution >= 0.6 is 11.8 Å². The van der Waals surface area contributed by atoms with Gasteiger partial charge in [0.2, 0.25) is 0 Å². The van der Waals surface area contributed by atoms with Crippen molar-refractivity contribution in [1.82, 2.24) is 9.97 Å². The topological polar surface area (TPSA) is 51.8 Å². The van der Waals surface area contributed by atoms with Crippen LogP contribution in [0.2, 0.25) is 0 Å². The lowest BCUT2D eigenvalue weighted by atomic mass is 9.86. The highest BCUT2D eigenvalue weighted by Gasteiger charge is 2.22. The van der Waals surface area contributed by atoms with E-state index >= 15 is 0 Å². The van der Waals surface area contributed by atoms with Gasteiger partial charge in [0.1, 0.15) is 5.82 Å². The third-order valence-corrected chi connectivity index (χ3v) is 4.86. The quantitative estimate of drug-likeness (QED) is 0.924. The van der Waals surface area contributed by atoms with E-state index in [0.717, 1.165) is 36.7 Å². The van der Waals surface area contributed by atoms with Gasteiger partial charge in [-0.2, -0.15) is 0 Å². The maximum absolute atomic E-state index is 5.79. The van der Waals surface area contributed by atoms with Crippen molar-refractivity contribution in [1.29, 1.82) is 0 Å². The number of aromatic nitrogens is 2. The van der Waals surface area contributed by atoms with E-state index in [-0.39, 0.29) is 4.75 Å². The number of hydrogen-bond acceptors (Lipinski definition) is 4. The van der Waals surface area contributed by atoms with E-state index in [2.05, 4.69) is 32.7 Å². The predicted octanol–water partition coefficient (Wildman–Crippen LogP) is 2.88. The van der Waals surface area contributed by atoms with Gasteiger partial charge in [-0.25, -0.2) is 9.97 Å². The van der Waals surface area contributed by atoms with E-state index in [4.69, 9.17) is 10.7 Å². The van der Waals surface area contributed by atoms with Crippen molar-refractivity contribution in [2.45, 2.75) is 57.5 Å². The largest absolute Gasteiger partial charge is 0.330 e. The van der Waals surface area contributed by atoms with Gasteiger partial charge in [0.25, 0.3) is 0 Å². The Morgan fingerprint density at radius 1 is 1.32 bits per heavy atom. The van der Waals surface area contributed by atoms with E-state index in [9.17, 15) is 0 Å². The van der Waals surface area contributed by atoms with Crippen LogP contribution in [0, 0.1) is 12.8 Å². The molecule has 0 radical (unpaired) electrons. The lowest BCUT2D eigenvalue weighted by Gasteiger charge is -2.24. The van der Waals surface area contributed by atoms with E-state index in [1.54, 1.807) is 0 Å². The molecule has 0 aliphatic heterocycles. The van der Waals surface area contributed by atoms with Gasteiger partial charge in [-0.15, -0.1) is 11.8 Å². The van der Waals surface area contributed by atoms with Gasteiger partial charge in [-0.05, 0) is 44.2 Å². The minimum absolute atomic E-state index is 0.262. The van der Waals surface area contributed by atoms with E-state index < -0.39 is 0 Å². The number of aryl methyl sites for hydroxylation is 2. The fourth-order valence-electron chi connectivity index (χ4n) is 2.47. The third kappa shape index (κ3) is 3.93. The molecule has 1 atom stereocenters. The second kappa shape index (κ2) is 5.80. The average Bonchev–Trinajstić information content (AvgIpc) is 2.35. The summed E-state index contributed by atoms with van der Waals surface area (Å²) in [6, 6.07) is 0. The van der Waals surface area contributed by atoms with Gasteiger partial charge in [-0.3, -0.25) is 0 Å². The zero-order valence-corrected chi connectivity index (χ0v) is 13.3. The number of fused-ring (bicyclic) bond motifs is 1. The Morgan fingerprint density at radius 2 is 2.05 bits per heavy atom. The molecule has 0 saturated carbocycles. The Balaban J connectivity index is 2.16. The van der Waals surface area contributed by atoms with Crippen LogP contribution < -0.4 is 5.73 Å². The maximum Gasteiger partial charge on any atom is 0.138 e. The number of nitrogens with two attached hydrogens (primary N) is 1. The summed E-state index contributed by atoms with van der Waals surface area (Å²) in [5.41, 5.74) is 9.57. The normalized spacial score (nSPS) is 19.3. The lowest BCUT2D eigenvalue weighted by Crippen LogP contribution is -2.24. The summed E-state index contributed by atoms with van der Waals surface area (Å²) >= 11 is 1.91. The molecule has 2 N–H and O–H groups in total. The van der Waals surface area contributed by atoms with Crippen molar-refractivity contribution in [2.24, 2.45) is 11.7 Å². The minimum atomic E-state index is 0.262. The Kier molecular flexibility index (Phi) is 4.51. The Hall–Kier alpha value is -0.610. The molecule has 1 aromatic heterocycles. The van der Waals surface area contributed by atoms with E-state index in [0.29, 0.717) is 5.92 Å². The van der Waals surface area contributed by atoms with Crippen LogP contribution in [0.5, 0.6) is 0 Å². The van der Waals surface area contributed by atoms with Crippen molar-refractivity contribution in [3.8, 4) is 0 Å². The summed E-state index contributed by atoms with van der Waals surface area (Å²) in [4.78, 5) is 9.46. The molecule has 1 unspecified atom stereocenters. The molecule has 1 heterocycles. The maximum atomic E-state index is 5.79. The molecule has 4 heteroatoms. The van der Waals surface area contributed by atoms with Crippen LogP contribution in [0.15, 0.2) is 0 Å². The molecule has 3 nitrogen and oxygen atoms in total. The summed E-state index contributed by atoms with van der Waals surface area (Å²) in [5.74, 6) is 2.50. The lowest BCUT2D eigenvalue weighted by molar-refractivity contribution is 0.458. The predicted molar refractivity (Wildman–Crippen MR) is 82.4 cm³/mol. The monoisotopic (exact) mass is 279 g/mol. The van der Waals surface area contributed by atoms with Gasteiger partial charge >= 0.3 is 0 Å². The van der Waals surface area contributed by atoms with E-state index in [1.165, 1.54) is 17.7 Å². The molecule has 0 bridgehead atoms. The number of nitrogens with zero attached hydrogens (tertiary/aromatic N) is 2. The Morgan fingerprint density at radius 3 is 2.68 bits per heavy atom. The number of rotatable bonds is 3. The summed E-state index contributed by atoms with van der Waals surface area (Å²) in [6.45, 7) is 9.59. The van der Waals surface area contributed by atoms with E-state index in [1.807, 2.05) is 11.8 Å². The summed E-state index contributed by atoms with van der Waals surface area (Å²) in [7, 11) is 0.